The first-order chi connectivity index (χ1) is 6.99. The molecule has 0 spiro atoms. The number of halogens is 1. The fourth-order valence-electron chi connectivity index (χ4n) is 1.73. The molecule has 0 fully saturated rings. The maximum atomic E-state index is 9.69. The van der Waals surface area contributed by atoms with Gasteiger partial charge in [0.05, 0.1) is 12.7 Å². The molecular weight excluding hydrogens is 212 g/mol. The smallest absolute Gasteiger partial charge is 0.125 e. The van der Waals surface area contributed by atoms with Crippen LogP contribution in [-0.4, -0.2) is 11.7 Å². The Hall–Kier alpha value is -0.730. The summed E-state index contributed by atoms with van der Waals surface area (Å²) in [4.78, 5) is 0. The van der Waals surface area contributed by atoms with E-state index in [-0.39, 0.29) is 0 Å². The first kappa shape index (κ1) is 12.3. The molecule has 1 atom stereocenters. The molecule has 3 heteroatoms. The lowest BCUT2D eigenvalue weighted by molar-refractivity contribution is 0.191. The molecule has 0 radical (unpaired) electrons. The minimum atomic E-state index is -0.565. The van der Waals surface area contributed by atoms with Gasteiger partial charge in [0.2, 0.25) is 0 Å². The van der Waals surface area contributed by atoms with Gasteiger partial charge in [-0.1, -0.05) is 11.6 Å². The number of hydrogen-bond donors (Lipinski definition) is 1. The van der Waals surface area contributed by atoms with E-state index in [1.807, 2.05) is 26.8 Å². The number of aliphatic hydroxyl groups is 1. The van der Waals surface area contributed by atoms with Gasteiger partial charge in [0.1, 0.15) is 5.75 Å². The molecule has 0 heterocycles. The highest BCUT2D eigenvalue weighted by molar-refractivity contribution is 6.32. The Morgan fingerprint density at radius 3 is 2.53 bits per heavy atom. The van der Waals surface area contributed by atoms with Gasteiger partial charge in [0, 0.05) is 10.6 Å². The number of aliphatic hydroxyl groups excluding tert-OH is 1. The van der Waals surface area contributed by atoms with Crippen molar-refractivity contribution in [2.24, 2.45) is 0 Å². The molecule has 0 aliphatic rings. The highest BCUT2D eigenvalue weighted by Crippen LogP contribution is 2.35. The summed E-state index contributed by atoms with van der Waals surface area (Å²) < 4.78 is 5.50. The maximum Gasteiger partial charge on any atom is 0.125 e. The first-order valence-electron chi connectivity index (χ1n) is 5.09. The summed E-state index contributed by atoms with van der Waals surface area (Å²) in [6.07, 6.45) is -0.565. The average molecular weight is 229 g/mol. The molecule has 1 aromatic carbocycles. The van der Waals surface area contributed by atoms with E-state index >= 15 is 0 Å². The molecule has 0 aliphatic carbocycles. The second kappa shape index (κ2) is 4.86. The van der Waals surface area contributed by atoms with Gasteiger partial charge in [-0.2, -0.15) is 0 Å². The van der Waals surface area contributed by atoms with Crippen LogP contribution in [-0.2, 0) is 0 Å². The molecule has 1 aromatic rings. The second-order valence-electron chi connectivity index (χ2n) is 3.65. The van der Waals surface area contributed by atoms with E-state index in [9.17, 15) is 5.11 Å². The van der Waals surface area contributed by atoms with Crippen LogP contribution in [0.15, 0.2) is 6.07 Å². The molecule has 0 saturated heterocycles. The highest BCUT2D eigenvalue weighted by atomic mass is 35.5. The van der Waals surface area contributed by atoms with Gasteiger partial charge in [-0.15, -0.1) is 0 Å². The van der Waals surface area contributed by atoms with E-state index in [1.54, 1.807) is 6.92 Å². The van der Waals surface area contributed by atoms with Crippen LogP contribution in [0, 0.1) is 13.8 Å². The Kier molecular flexibility index (Phi) is 4.00. The van der Waals surface area contributed by atoms with Gasteiger partial charge in [0.15, 0.2) is 0 Å². The van der Waals surface area contributed by atoms with E-state index in [0.29, 0.717) is 11.6 Å². The summed E-state index contributed by atoms with van der Waals surface area (Å²) >= 11 is 6.13. The lowest BCUT2D eigenvalue weighted by Gasteiger charge is -2.17. The summed E-state index contributed by atoms with van der Waals surface area (Å²) in [5.41, 5.74) is 2.66. The molecule has 15 heavy (non-hydrogen) atoms. The molecule has 0 bridgehead atoms. The van der Waals surface area contributed by atoms with E-state index in [1.165, 1.54) is 0 Å². The van der Waals surface area contributed by atoms with E-state index in [0.717, 1.165) is 22.4 Å². The summed E-state index contributed by atoms with van der Waals surface area (Å²) in [6, 6.07) is 1.88. The van der Waals surface area contributed by atoms with Crippen LogP contribution in [0.2, 0.25) is 5.02 Å². The van der Waals surface area contributed by atoms with Gasteiger partial charge in [0.25, 0.3) is 0 Å². The molecule has 0 aliphatic heterocycles. The lowest BCUT2D eigenvalue weighted by atomic mass is 10.0. The highest BCUT2D eigenvalue weighted by Gasteiger charge is 2.16. The van der Waals surface area contributed by atoms with Gasteiger partial charge < -0.3 is 9.84 Å². The van der Waals surface area contributed by atoms with Crippen molar-refractivity contribution >= 4 is 11.6 Å². The van der Waals surface area contributed by atoms with Crippen LogP contribution in [0.5, 0.6) is 5.75 Å². The van der Waals surface area contributed by atoms with E-state index in [2.05, 4.69) is 0 Å². The zero-order chi connectivity index (χ0) is 11.6. The Balaban J connectivity index is 3.36. The van der Waals surface area contributed by atoms with Crippen LogP contribution in [0.3, 0.4) is 0 Å². The number of benzene rings is 1. The monoisotopic (exact) mass is 228 g/mol. The van der Waals surface area contributed by atoms with E-state index in [4.69, 9.17) is 16.3 Å². The van der Waals surface area contributed by atoms with Crippen LogP contribution < -0.4 is 4.74 Å². The number of aryl methyl sites for hydroxylation is 1. The Bertz CT molecular complexity index is 359. The van der Waals surface area contributed by atoms with Crippen molar-refractivity contribution in [1.29, 1.82) is 0 Å². The quantitative estimate of drug-likeness (QED) is 0.859. The van der Waals surface area contributed by atoms with Crippen LogP contribution in [0.4, 0.5) is 0 Å². The van der Waals surface area contributed by atoms with Gasteiger partial charge in [-0.25, -0.2) is 0 Å². The summed E-state index contributed by atoms with van der Waals surface area (Å²) in [7, 11) is 0. The molecule has 1 rings (SSSR count). The SMILES string of the molecule is CCOc1cc(C)c(Cl)c(C)c1C(C)O. The minimum Gasteiger partial charge on any atom is -0.493 e. The molecule has 1 unspecified atom stereocenters. The van der Waals surface area contributed by atoms with Crippen molar-refractivity contribution in [3.05, 3.63) is 27.8 Å². The Morgan fingerprint density at radius 2 is 2.07 bits per heavy atom. The third-order valence-corrected chi connectivity index (χ3v) is 2.99. The molecular formula is C12H17ClO2. The number of ether oxygens (including phenoxy) is 1. The summed E-state index contributed by atoms with van der Waals surface area (Å²) in [5.74, 6) is 0.729. The Labute approximate surface area is 95.8 Å². The van der Waals surface area contributed by atoms with Crippen LogP contribution in [0.1, 0.15) is 36.6 Å². The van der Waals surface area contributed by atoms with Crippen LogP contribution in [0.25, 0.3) is 0 Å². The Morgan fingerprint density at radius 1 is 1.47 bits per heavy atom. The predicted molar refractivity (Wildman–Crippen MR) is 62.7 cm³/mol. The molecule has 2 nitrogen and oxygen atoms in total. The fourth-order valence-corrected chi connectivity index (χ4v) is 1.89. The van der Waals surface area contributed by atoms with Crippen molar-refractivity contribution in [2.75, 3.05) is 6.61 Å². The summed E-state index contributed by atoms with van der Waals surface area (Å²) in [6.45, 7) is 8.06. The standard InChI is InChI=1S/C12H17ClO2/c1-5-15-10-6-7(2)12(13)8(3)11(10)9(4)14/h6,9,14H,5H2,1-4H3. The van der Waals surface area contributed by atoms with E-state index < -0.39 is 6.10 Å². The van der Waals surface area contributed by atoms with Gasteiger partial charge in [-0.3, -0.25) is 0 Å². The normalized spacial score (nSPS) is 12.7. The average Bonchev–Trinajstić information content (AvgIpc) is 2.14. The van der Waals surface area contributed by atoms with Gasteiger partial charge >= 0.3 is 0 Å². The number of hydrogen-bond acceptors (Lipinski definition) is 2. The van der Waals surface area contributed by atoms with Crippen molar-refractivity contribution < 1.29 is 9.84 Å². The molecule has 84 valence electrons. The molecule has 0 aromatic heterocycles. The van der Waals surface area contributed by atoms with Crippen molar-refractivity contribution in [2.45, 2.75) is 33.8 Å². The van der Waals surface area contributed by atoms with Crippen molar-refractivity contribution in [3.8, 4) is 5.75 Å². The number of rotatable bonds is 3. The third-order valence-electron chi connectivity index (χ3n) is 2.41. The zero-order valence-corrected chi connectivity index (χ0v) is 10.4. The van der Waals surface area contributed by atoms with Crippen molar-refractivity contribution in [1.82, 2.24) is 0 Å². The van der Waals surface area contributed by atoms with Crippen molar-refractivity contribution in [3.63, 3.8) is 0 Å². The summed E-state index contributed by atoms with van der Waals surface area (Å²) in [5, 5.41) is 10.4. The molecule has 1 N–H and O–H groups in total. The zero-order valence-electron chi connectivity index (χ0n) is 9.60. The largest absolute Gasteiger partial charge is 0.493 e. The predicted octanol–water partition coefficient (Wildman–Crippen LogP) is 3.41. The van der Waals surface area contributed by atoms with Crippen LogP contribution >= 0.6 is 11.6 Å². The fraction of sp³-hybridized carbons (Fsp3) is 0.500. The lowest BCUT2D eigenvalue weighted by Crippen LogP contribution is -2.03. The maximum absolute atomic E-state index is 9.69. The third kappa shape index (κ3) is 2.44. The topological polar surface area (TPSA) is 29.5 Å². The molecule has 0 saturated carbocycles. The first-order valence-corrected chi connectivity index (χ1v) is 5.47. The van der Waals surface area contributed by atoms with Gasteiger partial charge in [-0.05, 0) is 44.9 Å². The second-order valence-corrected chi connectivity index (χ2v) is 4.03. The minimum absolute atomic E-state index is 0.565. The molecule has 0 amide bonds.